The number of nitrogens with zero attached hydrogens (tertiary/aromatic N) is 2. The minimum absolute atomic E-state index is 0.565. The maximum Gasteiger partial charge on any atom is 0.203 e. The molecule has 0 aliphatic rings. The van der Waals surface area contributed by atoms with Gasteiger partial charge in [-0.25, -0.2) is 0 Å². The fourth-order valence-electron chi connectivity index (χ4n) is 0.707. The Morgan fingerprint density at radius 3 is 2.75 bits per heavy atom. The second-order valence-electron chi connectivity index (χ2n) is 2.94. The number of nitrogen functional groups attached to an aromatic ring is 1. The largest absolute Gasteiger partial charge is 0.374 e. The van der Waals surface area contributed by atoms with Crippen LogP contribution >= 0.6 is 23.1 Å². The van der Waals surface area contributed by atoms with E-state index < -0.39 is 0 Å². The third-order valence-corrected chi connectivity index (χ3v) is 3.47. The fourth-order valence-corrected chi connectivity index (χ4v) is 2.42. The van der Waals surface area contributed by atoms with E-state index in [2.05, 4.69) is 24.0 Å². The molecule has 2 N–H and O–H groups in total. The number of rotatable bonds is 4. The number of thioether (sulfide) groups is 1. The zero-order valence-corrected chi connectivity index (χ0v) is 8.91. The van der Waals surface area contributed by atoms with E-state index in [1.165, 1.54) is 17.1 Å². The van der Waals surface area contributed by atoms with Crippen molar-refractivity contribution in [3.8, 4) is 0 Å². The highest BCUT2D eigenvalue weighted by atomic mass is 32.2. The molecule has 0 atom stereocenters. The molecule has 0 spiro atoms. The Labute approximate surface area is 80.8 Å². The first kappa shape index (κ1) is 9.80. The molecule has 5 heteroatoms. The van der Waals surface area contributed by atoms with Gasteiger partial charge in [0, 0.05) is 5.75 Å². The van der Waals surface area contributed by atoms with Gasteiger partial charge in [0.1, 0.15) is 5.01 Å². The van der Waals surface area contributed by atoms with Crippen molar-refractivity contribution in [2.24, 2.45) is 5.92 Å². The second kappa shape index (κ2) is 4.67. The van der Waals surface area contributed by atoms with Gasteiger partial charge < -0.3 is 5.73 Å². The lowest BCUT2D eigenvalue weighted by molar-refractivity contribution is 0.750. The van der Waals surface area contributed by atoms with Gasteiger partial charge in [-0.2, -0.15) is 11.8 Å². The molecule has 1 rings (SSSR count). The van der Waals surface area contributed by atoms with Gasteiger partial charge in [-0.1, -0.05) is 25.2 Å². The standard InChI is InChI=1S/C7H13N3S2/c1-5(2)3-11-4-6-9-10-7(8)12-6/h5H,3-4H2,1-2H3,(H2,8,10). The van der Waals surface area contributed by atoms with Crippen LogP contribution in [0.15, 0.2) is 0 Å². The summed E-state index contributed by atoms with van der Waals surface area (Å²) in [4.78, 5) is 0. The molecule has 3 nitrogen and oxygen atoms in total. The maximum absolute atomic E-state index is 5.45. The molecule has 0 fully saturated rings. The predicted octanol–water partition coefficient (Wildman–Crippen LogP) is 2.01. The summed E-state index contributed by atoms with van der Waals surface area (Å²) in [5.74, 6) is 2.84. The first-order valence-electron chi connectivity index (χ1n) is 3.84. The summed E-state index contributed by atoms with van der Waals surface area (Å²) >= 11 is 3.35. The topological polar surface area (TPSA) is 51.8 Å². The summed E-state index contributed by atoms with van der Waals surface area (Å²) in [5, 5.41) is 9.27. The predicted molar refractivity (Wildman–Crippen MR) is 55.3 cm³/mol. The van der Waals surface area contributed by atoms with Crippen molar-refractivity contribution < 1.29 is 0 Å². The quantitative estimate of drug-likeness (QED) is 0.813. The van der Waals surface area contributed by atoms with Crippen molar-refractivity contribution >= 4 is 28.2 Å². The molecule has 1 aromatic heterocycles. The summed E-state index contributed by atoms with van der Waals surface area (Å²) < 4.78 is 0. The Kier molecular flexibility index (Phi) is 3.81. The summed E-state index contributed by atoms with van der Waals surface area (Å²) in [6.45, 7) is 4.42. The number of hydrogen-bond acceptors (Lipinski definition) is 5. The van der Waals surface area contributed by atoms with E-state index in [9.17, 15) is 0 Å². The van der Waals surface area contributed by atoms with Crippen LogP contribution in [0.1, 0.15) is 18.9 Å². The van der Waals surface area contributed by atoms with Crippen LogP contribution in [0.3, 0.4) is 0 Å². The highest BCUT2D eigenvalue weighted by Gasteiger charge is 2.01. The van der Waals surface area contributed by atoms with Crippen molar-refractivity contribution in [3.63, 3.8) is 0 Å². The zero-order chi connectivity index (χ0) is 8.97. The van der Waals surface area contributed by atoms with Crippen LogP contribution in [0.4, 0.5) is 5.13 Å². The Balaban J connectivity index is 2.24. The van der Waals surface area contributed by atoms with E-state index in [1.807, 2.05) is 11.8 Å². The third kappa shape index (κ3) is 3.40. The van der Waals surface area contributed by atoms with Gasteiger partial charge in [0.25, 0.3) is 0 Å². The average molecular weight is 203 g/mol. The van der Waals surface area contributed by atoms with E-state index in [1.54, 1.807) is 0 Å². The molecule has 0 unspecified atom stereocenters. The van der Waals surface area contributed by atoms with E-state index in [0.717, 1.165) is 16.7 Å². The van der Waals surface area contributed by atoms with Crippen LogP contribution in [0.5, 0.6) is 0 Å². The normalized spacial score (nSPS) is 10.9. The molecule has 0 aliphatic heterocycles. The van der Waals surface area contributed by atoms with Crippen molar-refractivity contribution in [3.05, 3.63) is 5.01 Å². The molecule has 0 amide bonds. The van der Waals surface area contributed by atoms with Gasteiger partial charge in [0.15, 0.2) is 0 Å². The van der Waals surface area contributed by atoms with Gasteiger partial charge in [-0.15, -0.1) is 10.2 Å². The lowest BCUT2D eigenvalue weighted by Gasteiger charge is -2.00. The smallest absolute Gasteiger partial charge is 0.203 e. The molecular formula is C7H13N3S2. The number of hydrogen-bond donors (Lipinski definition) is 1. The van der Waals surface area contributed by atoms with Gasteiger partial charge >= 0.3 is 0 Å². The molecule has 0 saturated carbocycles. The van der Waals surface area contributed by atoms with Crippen LogP contribution in [0.25, 0.3) is 0 Å². The van der Waals surface area contributed by atoms with E-state index in [-0.39, 0.29) is 0 Å². The second-order valence-corrected chi connectivity index (χ2v) is 5.07. The Bertz CT molecular complexity index is 234. The highest BCUT2D eigenvalue weighted by Crippen LogP contribution is 2.19. The number of anilines is 1. The van der Waals surface area contributed by atoms with Gasteiger partial charge in [0.2, 0.25) is 5.13 Å². The first-order chi connectivity index (χ1) is 5.68. The highest BCUT2D eigenvalue weighted by molar-refractivity contribution is 7.98. The van der Waals surface area contributed by atoms with Crippen molar-refractivity contribution in [1.29, 1.82) is 0 Å². The third-order valence-electron chi connectivity index (χ3n) is 1.16. The van der Waals surface area contributed by atoms with Gasteiger partial charge in [-0.05, 0) is 11.7 Å². The number of nitrogens with two attached hydrogens (primary N) is 1. The minimum atomic E-state index is 0.565. The SMILES string of the molecule is CC(C)CSCc1nnc(N)s1. The molecule has 0 aromatic carbocycles. The summed E-state index contributed by atoms with van der Waals surface area (Å²) in [6.07, 6.45) is 0. The van der Waals surface area contributed by atoms with E-state index in [4.69, 9.17) is 5.73 Å². The first-order valence-corrected chi connectivity index (χ1v) is 5.81. The van der Waals surface area contributed by atoms with E-state index in [0.29, 0.717) is 5.13 Å². The lowest BCUT2D eigenvalue weighted by Crippen LogP contribution is -1.91. The molecule has 0 aliphatic carbocycles. The monoisotopic (exact) mass is 203 g/mol. The van der Waals surface area contributed by atoms with Crippen LogP contribution in [-0.2, 0) is 5.75 Å². The fraction of sp³-hybridized carbons (Fsp3) is 0.714. The molecule has 12 heavy (non-hydrogen) atoms. The summed E-state index contributed by atoms with van der Waals surface area (Å²) in [5.41, 5.74) is 5.45. The molecule has 68 valence electrons. The molecule has 0 radical (unpaired) electrons. The van der Waals surface area contributed by atoms with Gasteiger partial charge in [-0.3, -0.25) is 0 Å². The molecule has 1 aromatic rings. The Hall–Kier alpha value is -0.290. The van der Waals surface area contributed by atoms with Crippen molar-refractivity contribution in [1.82, 2.24) is 10.2 Å². The van der Waals surface area contributed by atoms with Crippen molar-refractivity contribution in [2.75, 3.05) is 11.5 Å². The zero-order valence-electron chi connectivity index (χ0n) is 7.28. The number of aromatic nitrogens is 2. The Morgan fingerprint density at radius 2 is 2.25 bits per heavy atom. The lowest BCUT2D eigenvalue weighted by atomic mass is 10.3. The molecule has 1 heterocycles. The molecular weight excluding hydrogens is 190 g/mol. The van der Waals surface area contributed by atoms with Crippen LogP contribution in [0, 0.1) is 5.92 Å². The minimum Gasteiger partial charge on any atom is -0.374 e. The molecule has 0 saturated heterocycles. The van der Waals surface area contributed by atoms with Crippen LogP contribution < -0.4 is 5.73 Å². The van der Waals surface area contributed by atoms with Gasteiger partial charge in [0.05, 0.1) is 0 Å². The van der Waals surface area contributed by atoms with E-state index >= 15 is 0 Å². The van der Waals surface area contributed by atoms with Crippen molar-refractivity contribution in [2.45, 2.75) is 19.6 Å². The summed E-state index contributed by atoms with van der Waals surface area (Å²) in [6, 6.07) is 0. The van der Waals surface area contributed by atoms with Crippen LogP contribution in [-0.4, -0.2) is 16.0 Å². The summed E-state index contributed by atoms with van der Waals surface area (Å²) in [7, 11) is 0. The molecule has 0 bridgehead atoms. The Morgan fingerprint density at radius 1 is 1.50 bits per heavy atom. The maximum atomic E-state index is 5.45. The van der Waals surface area contributed by atoms with Crippen LogP contribution in [0.2, 0.25) is 0 Å². The average Bonchev–Trinajstić information content (AvgIpc) is 2.35.